The number of benzene rings is 3. The number of hydrogen-bond acceptors (Lipinski definition) is 3. The summed E-state index contributed by atoms with van der Waals surface area (Å²) in [6.07, 6.45) is 0.600. The second-order valence-corrected chi connectivity index (χ2v) is 8.97. The molecular weight excluding hydrogens is 480 g/mol. The van der Waals surface area contributed by atoms with Gasteiger partial charge in [0, 0.05) is 22.0 Å². The van der Waals surface area contributed by atoms with Crippen LogP contribution < -0.4 is 4.74 Å². The zero-order valence-corrected chi connectivity index (χ0v) is 18.4. The smallest absolute Gasteiger partial charge is 0.213 e. The molecule has 0 saturated carbocycles. The molecule has 3 aromatic carbocycles. The maximum Gasteiger partial charge on any atom is 0.213 e. The zero-order valence-electron chi connectivity index (χ0n) is 15.3. The van der Waals surface area contributed by atoms with Gasteiger partial charge in [-0.25, -0.2) is 5.01 Å². The van der Waals surface area contributed by atoms with Crippen LogP contribution in [0.3, 0.4) is 0 Å². The van der Waals surface area contributed by atoms with Gasteiger partial charge >= 0.3 is 0 Å². The third-order valence-corrected chi connectivity index (χ3v) is 6.32. The second-order valence-electron chi connectivity index (χ2n) is 7.20. The number of hydrazone groups is 1. The third kappa shape index (κ3) is 3.07. The molecule has 5 rings (SSSR count). The highest BCUT2D eigenvalue weighted by molar-refractivity contribution is 9.11. The maximum atomic E-state index is 6.49. The highest BCUT2D eigenvalue weighted by Crippen LogP contribution is 2.50. The van der Waals surface area contributed by atoms with Gasteiger partial charge in [-0.05, 0) is 40.5 Å². The van der Waals surface area contributed by atoms with Crippen LogP contribution in [0.1, 0.15) is 40.9 Å². The van der Waals surface area contributed by atoms with E-state index in [2.05, 4.69) is 98.4 Å². The Labute approximate surface area is 181 Å². The summed E-state index contributed by atoms with van der Waals surface area (Å²) in [5.74, 6) is 0.902. The lowest BCUT2D eigenvalue weighted by Crippen LogP contribution is -2.33. The van der Waals surface area contributed by atoms with Crippen LogP contribution in [0.2, 0.25) is 0 Å². The van der Waals surface area contributed by atoms with Gasteiger partial charge in [0.1, 0.15) is 5.75 Å². The third-order valence-electron chi connectivity index (χ3n) is 5.28. The molecule has 0 unspecified atom stereocenters. The minimum absolute atomic E-state index is 0.138. The first-order chi connectivity index (χ1) is 13.6. The fourth-order valence-electron chi connectivity index (χ4n) is 3.87. The monoisotopic (exact) mass is 496 g/mol. The van der Waals surface area contributed by atoms with Gasteiger partial charge in [-0.1, -0.05) is 76.1 Å². The van der Waals surface area contributed by atoms with E-state index in [4.69, 9.17) is 9.84 Å². The molecule has 5 heteroatoms. The quantitative estimate of drug-likeness (QED) is 0.390. The molecule has 2 aliphatic rings. The summed E-state index contributed by atoms with van der Waals surface area (Å²) in [6, 6.07) is 23.2. The van der Waals surface area contributed by atoms with Crippen molar-refractivity contribution in [2.45, 2.75) is 25.6 Å². The van der Waals surface area contributed by atoms with Crippen LogP contribution in [-0.2, 0) is 0 Å². The van der Waals surface area contributed by atoms with E-state index < -0.39 is 0 Å². The first-order valence-corrected chi connectivity index (χ1v) is 10.8. The molecule has 0 spiro atoms. The lowest BCUT2D eigenvalue weighted by Gasteiger charge is -2.38. The van der Waals surface area contributed by atoms with Crippen LogP contribution in [0, 0.1) is 6.92 Å². The summed E-state index contributed by atoms with van der Waals surface area (Å²) in [5.41, 5.74) is 5.75. The number of ether oxygens (including phenoxy) is 1. The van der Waals surface area contributed by atoms with E-state index in [1.165, 1.54) is 5.56 Å². The Morgan fingerprint density at radius 3 is 2.50 bits per heavy atom. The molecule has 0 aromatic heterocycles. The average Bonchev–Trinajstić information content (AvgIpc) is 3.15. The van der Waals surface area contributed by atoms with Gasteiger partial charge in [0.15, 0.2) is 0 Å². The minimum Gasteiger partial charge on any atom is -0.463 e. The molecule has 0 fully saturated rings. The van der Waals surface area contributed by atoms with E-state index in [1.54, 1.807) is 0 Å². The molecule has 0 amide bonds. The molecular formula is C23H18Br2N2O. The van der Waals surface area contributed by atoms with Crippen molar-refractivity contribution in [1.29, 1.82) is 0 Å². The number of hydrogen-bond donors (Lipinski definition) is 0. The van der Waals surface area contributed by atoms with Gasteiger partial charge in [0.2, 0.25) is 6.23 Å². The van der Waals surface area contributed by atoms with E-state index in [9.17, 15) is 0 Å². The Hall–Kier alpha value is -2.11. The van der Waals surface area contributed by atoms with Crippen molar-refractivity contribution >= 4 is 37.6 Å². The predicted octanol–water partition coefficient (Wildman–Crippen LogP) is 6.76. The molecule has 0 N–H and O–H groups in total. The Morgan fingerprint density at radius 1 is 1.00 bits per heavy atom. The fourth-order valence-corrected chi connectivity index (χ4v) is 5.22. The van der Waals surface area contributed by atoms with Gasteiger partial charge in [-0.2, -0.15) is 5.10 Å². The molecule has 140 valence electrons. The molecule has 3 aromatic rings. The van der Waals surface area contributed by atoms with Crippen LogP contribution in [0.15, 0.2) is 80.8 Å². The Kier molecular flexibility index (Phi) is 4.52. The van der Waals surface area contributed by atoms with Gasteiger partial charge in [-0.15, -0.1) is 0 Å². The van der Waals surface area contributed by atoms with Crippen molar-refractivity contribution in [3.63, 3.8) is 0 Å². The first kappa shape index (κ1) is 18.0. The molecule has 0 aliphatic carbocycles. The van der Waals surface area contributed by atoms with E-state index in [0.717, 1.165) is 43.5 Å². The van der Waals surface area contributed by atoms with Crippen LogP contribution >= 0.6 is 31.9 Å². The largest absolute Gasteiger partial charge is 0.463 e. The van der Waals surface area contributed by atoms with Crippen molar-refractivity contribution in [1.82, 2.24) is 5.01 Å². The number of fused-ring (bicyclic) bond motifs is 3. The van der Waals surface area contributed by atoms with Crippen molar-refractivity contribution in [2.75, 3.05) is 0 Å². The van der Waals surface area contributed by atoms with Crippen LogP contribution in [-0.4, -0.2) is 10.7 Å². The van der Waals surface area contributed by atoms with Crippen molar-refractivity contribution < 1.29 is 4.74 Å². The Morgan fingerprint density at radius 2 is 1.75 bits per heavy atom. The molecule has 28 heavy (non-hydrogen) atoms. The zero-order chi connectivity index (χ0) is 19.3. The Balaban J connectivity index is 1.63. The van der Waals surface area contributed by atoms with Gasteiger partial charge in [0.25, 0.3) is 0 Å². The fraction of sp³-hybridized carbons (Fsp3) is 0.174. The van der Waals surface area contributed by atoms with E-state index >= 15 is 0 Å². The SMILES string of the molecule is Cc1ccc([C@@H]2Oc3c(Br)cc(Br)cc3[C@H]3CC(c4ccccc4)=NN32)cc1. The van der Waals surface area contributed by atoms with Crippen molar-refractivity contribution in [2.24, 2.45) is 5.10 Å². The van der Waals surface area contributed by atoms with Crippen molar-refractivity contribution in [3.8, 4) is 5.75 Å². The highest BCUT2D eigenvalue weighted by atomic mass is 79.9. The molecule has 2 atom stereocenters. The molecule has 0 bridgehead atoms. The van der Waals surface area contributed by atoms with E-state index in [0.29, 0.717) is 0 Å². The standard InChI is InChI=1S/C23H18Br2N2O/c1-14-7-9-16(10-8-14)23-27-21(13-20(26-27)15-5-3-2-4-6-15)18-11-17(24)12-19(25)22(18)28-23/h2-12,21,23H,13H2,1H3/t21-,23+/m1/s1. The number of aryl methyl sites for hydroxylation is 1. The van der Waals surface area contributed by atoms with Gasteiger partial charge in [0.05, 0.1) is 16.2 Å². The predicted molar refractivity (Wildman–Crippen MR) is 119 cm³/mol. The van der Waals surface area contributed by atoms with E-state index in [-0.39, 0.29) is 12.3 Å². The lowest BCUT2D eigenvalue weighted by atomic mass is 9.96. The first-order valence-electron chi connectivity index (χ1n) is 9.23. The normalized spacial score (nSPS) is 20.2. The summed E-state index contributed by atoms with van der Waals surface area (Å²) in [6.45, 7) is 2.10. The molecule has 2 heterocycles. The number of nitrogens with zero attached hydrogens (tertiary/aromatic N) is 2. The molecule has 2 aliphatic heterocycles. The summed E-state index contributed by atoms with van der Waals surface area (Å²) < 4.78 is 8.48. The number of halogens is 2. The average molecular weight is 498 g/mol. The topological polar surface area (TPSA) is 24.8 Å². The molecule has 0 saturated heterocycles. The van der Waals surface area contributed by atoms with Gasteiger partial charge in [-0.3, -0.25) is 0 Å². The summed E-state index contributed by atoms with van der Waals surface area (Å²) in [5, 5.41) is 7.13. The minimum atomic E-state index is -0.253. The summed E-state index contributed by atoms with van der Waals surface area (Å²) in [4.78, 5) is 0. The number of rotatable bonds is 2. The van der Waals surface area contributed by atoms with Crippen LogP contribution in [0.25, 0.3) is 0 Å². The molecule has 0 radical (unpaired) electrons. The van der Waals surface area contributed by atoms with Crippen LogP contribution in [0.5, 0.6) is 5.75 Å². The van der Waals surface area contributed by atoms with Crippen molar-refractivity contribution in [3.05, 3.63) is 97.9 Å². The van der Waals surface area contributed by atoms with E-state index in [1.807, 2.05) is 12.1 Å². The Bertz CT molecular complexity index is 1060. The van der Waals surface area contributed by atoms with Gasteiger partial charge < -0.3 is 4.74 Å². The van der Waals surface area contributed by atoms with Crippen LogP contribution in [0.4, 0.5) is 0 Å². The second kappa shape index (κ2) is 7.05. The lowest BCUT2D eigenvalue weighted by molar-refractivity contribution is -0.0197. The summed E-state index contributed by atoms with van der Waals surface area (Å²) in [7, 11) is 0. The maximum absolute atomic E-state index is 6.49. The highest BCUT2D eigenvalue weighted by Gasteiger charge is 2.41. The summed E-state index contributed by atoms with van der Waals surface area (Å²) >= 11 is 7.32. The molecule has 3 nitrogen and oxygen atoms in total.